The number of carboxylic acids is 1. The molecular formula is C11H18N2O3. The van der Waals surface area contributed by atoms with E-state index in [4.69, 9.17) is 10.8 Å². The highest BCUT2D eigenvalue weighted by molar-refractivity contribution is 5.84. The summed E-state index contributed by atoms with van der Waals surface area (Å²) < 4.78 is 0. The first-order valence-electron chi connectivity index (χ1n) is 5.29. The van der Waals surface area contributed by atoms with E-state index >= 15 is 0 Å². The van der Waals surface area contributed by atoms with Crippen LogP contribution in [0.2, 0.25) is 0 Å². The number of carboxylic acid groups (broad SMARTS) is 1. The van der Waals surface area contributed by atoms with Gasteiger partial charge in [-0.3, -0.25) is 9.59 Å². The van der Waals surface area contributed by atoms with Crippen LogP contribution in [0.3, 0.4) is 0 Å². The molecule has 2 unspecified atom stereocenters. The molecule has 1 fully saturated rings. The standard InChI is InChI=1S/C11H18N2O3/c1-3-4-8(12)9(14)13-6-5-11(2,7-13)10(15)16/h3,8H,1,4-7,12H2,2H3,(H,15,16). The molecule has 0 saturated carbocycles. The molecule has 0 aromatic heterocycles. The van der Waals surface area contributed by atoms with Crippen molar-refractivity contribution in [3.05, 3.63) is 12.7 Å². The van der Waals surface area contributed by atoms with Crippen LogP contribution >= 0.6 is 0 Å². The van der Waals surface area contributed by atoms with Gasteiger partial charge in [0.2, 0.25) is 5.91 Å². The van der Waals surface area contributed by atoms with Gasteiger partial charge in [-0.05, 0) is 19.8 Å². The van der Waals surface area contributed by atoms with E-state index in [0.29, 0.717) is 19.4 Å². The summed E-state index contributed by atoms with van der Waals surface area (Å²) in [6, 6.07) is -0.603. The van der Waals surface area contributed by atoms with Gasteiger partial charge in [0, 0.05) is 13.1 Å². The molecule has 1 heterocycles. The van der Waals surface area contributed by atoms with Crippen molar-refractivity contribution in [3.63, 3.8) is 0 Å². The second kappa shape index (κ2) is 4.65. The SMILES string of the molecule is C=CCC(N)C(=O)N1CCC(C)(C(=O)O)C1. The monoisotopic (exact) mass is 226 g/mol. The predicted molar refractivity (Wildman–Crippen MR) is 59.7 cm³/mol. The number of amides is 1. The normalized spacial score (nSPS) is 26.5. The molecule has 0 aliphatic carbocycles. The first-order valence-corrected chi connectivity index (χ1v) is 5.29. The van der Waals surface area contributed by atoms with Gasteiger partial charge in [-0.15, -0.1) is 6.58 Å². The summed E-state index contributed by atoms with van der Waals surface area (Å²) in [7, 11) is 0. The lowest BCUT2D eigenvalue weighted by Crippen LogP contribution is -2.43. The van der Waals surface area contributed by atoms with Crippen LogP contribution in [0.15, 0.2) is 12.7 Å². The summed E-state index contributed by atoms with van der Waals surface area (Å²) in [5, 5.41) is 9.03. The third kappa shape index (κ3) is 2.41. The van der Waals surface area contributed by atoms with E-state index in [9.17, 15) is 9.59 Å². The van der Waals surface area contributed by atoms with Crippen LogP contribution in [0.4, 0.5) is 0 Å². The van der Waals surface area contributed by atoms with Crippen LogP contribution in [-0.2, 0) is 9.59 Å². The first kappa shape index (κ1) is 12.7. The fourth-order valence-electron chi connectivity index (χ4n) is 1.84. The van der Waals surface area contributed by atoms with Crippen molar-refractivity contribution < 1.29 is 14.7 Å². The molecule has 5 heteroatoms. The minimum Gasteiger partial charge on any atom is -0.481 e. The van der Waals surface area contributed by atoms with Crippen LogP contribution in [0.5, 0.6) is 0 Å². The Hall–Kier alpha value is -1.36. The Morgan fingerprint density at radius 3 is 2.75 bits per heavy atom. The number of nitrogens with zero attached hydrogens (tertiary/aromatic N) is 1. The Kier molecular flexibility index (Phi) is 3.70. The zero-order valence-corrected chi connectivity index (χ0v) is 9.48. The lowest BCUT2D eigenvalue weighted by molar-refractivity contribution is -0.147. The van der Waals surface area contributed by atoms with Crippen LogP contribution in [0, 0.1) is 5.41 Å². The topological polar surface area (TPSA) is 83.6 Å². The van der Waals surface area contributed by atoms with Crippen molar-refractivity contribution in [2.45, 2.75) is 25.8 Å². The molecule has 16 heavy (non-hydrogen) atoms. The van der Waals surface area contributed by atoms with Crippen molar-refractivity contribution in [1.29, 1.82) is 0 Å². The quantitative estimate of drug-likeness (QED) is 0.671. The predicted octanol–water partition coefficient (Wildman–Crippen LogP) is 0.213. The molecule has 0 spiro atoms. The Bertz CT molecular complexity index is 316. The average molecular weight is 226 g/mol. The van der Waals surface area contributed by atoms with Gasteiger partial charge in [0.15, 0.2) is 0 Å². The Balaban J connectivity index is 2.62. The molecule has 5 nitrogen and oxygen atoms in total. The average Bonchev–Trinajstić information content (AvgIpc) is 2.61. The maximum absolute atomic E-state index is 11.8. The lowest BCUT2D eigenvalue weighted by Gasteiger charge is -2.22. The van der Waals surface area contributed by atoms with E-state index in [0.717, 1.165) is 0 Å². The van der Waals surface area contributed by atoms with E-state index in [2.05, 4.69) is 6.58 Å². The molecule has 1 aliphatic heterocycles. The Morgan fingerprint density at radius 1 is 1.69 bits per heavy atom. The lowest BCUT2D eigenvalue weighted by atomic mass is 9.90. The van der Waals surface area contributed by atoms with E-state index in [1.54, 1.807) is 13.0 Å². The van der Waals surface area contributed by atoms with Crippen LogP contribution in [0.25, 0.3) is 0 Å². The maximum atomic E-state index is 11.8. The number of rotatable bonds is 4. The van der Waals surface area contributed by atoms with Gasteiger partial charge in [0.25, 0.3) is 0 Å². The second-order valence-electron chi connectivity index (χ2n) is 4.51. The zero-order valence-electron chi connectivity index (χ0n) is 9.48. The van der Waals surface area contributed by atoms with Gasteiger partial charge in [-0.25, -0.2) is 0 Å². The molecule has 0 aromatic carbocycles. The van der Waals surface area contributed by atoms with Crippen molar-refractivity contribution >= 4 is 11.9 Å². The molecule has 1 amide bonds. The fraction of sp³-hybridized carbons (Fsp3) is 0.636. The molecule has 0 radical (unpaired) electrons. The minimum atomic E-state index is -0.861. The first-order chi connectivity index (χ1) is 7.40. The smallest absolute Gasteiger partial charge is 0.311 e. The summed E-state index contributed by atoms with van der Waals surface area (Å²) in [6.45, 7) is 5.88. The van der Waals surface area contributed by atoms with Gasteiger partial charge in [-0.1, -0.05) is 6.08 Å². The van der Waals surface area contributed by atoms with E-state index in [1.165, 1.54) is 4.90 Å². The van der Waals surface area contributed by atoms with Gasteiger partial charge in [0.05, 0.1) is 11.5 Å². The zero-order chi connectivity index (χ0) is 12.3. The van der Waals surface area contributed by atoms with Crippen LogP contribution < -0.4 is 5.73 Å². The van der Waals surface area contributed by atoms with Gasteiger partial charge >= 0.3 is 5.97 Å². The maximum Gasteiger partial charge on any atom is 0.311 e. The Morgan fingerprint density at radius 2 is 2.31 bits per heavy atom. The summed E-state index contributed by atoms with van der Waals surface area (Å²) in [6.07, 6.45) is 2.49. The molecule has 3 N–H and O–H groups in total. The van der Waals surface area contributed by atoms with E-state index in [1.807, 2.05) is 0 Å². The van der Waals surface area contributed by atoms with Crippen molar-refractivity contribution in [3.8, 4) is 0 Å². The van der Waals surface area contributed by atoms with E-state index in [-0.39, 0.29) is 12.5 Å². The highest BCUT2D eigenvalue weighted by atomic mass is 16.4. The van der Waals surface area contributed by atoms with Gasteiger partial charge in [0.1, 0.15) is 0 Å². The number of likely N-dealkylation sites (tertiary alicyclic amines) is 1. The highest BCUT2D eigenvalue weighted by Crippen LogP contribution is 2.30. The third-order valence-corrected chi connectivity index (χ3v) is 3.04. The van der Waals surface area contributed by atoms with E-state index < -0.39 is 17.4 Å². The highest BCUT2D eigenvalue weighted by Gasteiger charge is 2.42. The van der Waals surface area contributed by atoms with Gasteiger partial charge in [-0.2, -0.15) is 0 Å². The largest absolute Gasteiger partial charge is 0.481 e. The molecule has 1 rings (SSSR count). The molecule has 90 valence electrons. The number of hydrogen-bond acceptors (Lipinski definition) is 3. The minimum absolute atomic E-state index is 0.190. The summed E-state index contributed by atoms with van der Waals surface area (Å²) in [4.78, 5) is 24.3. The van der Waals surface area contributed by atoms with Gasteiger partial charge < -0.3 is 15.7 Å². The molecule has 0 bridgehead atoms. The van der Waals surface area contributed by atoms with Crippen LogP contribution in [-0.4, -0.2) is 41.0 Å². The molecule has 2 atom stereocenters. The number of carbonyl (C=O) groups excluding carboxylic acids is 1. The summed E-state index contributed by atoms with van der Waals surface area (Å²) in [5.74, 6) is -1.05. The van der Waals surface area contributed by atoms with Crippen molar-refractivity contribution in [1.82, 2.24) is 4.90 Å². The number of hydrogen-bond donors (Lipinski definition) is 2. The van der Waals surface area contributed by atoms with Crippen LogP contribution in [0.1, 0.15) is 19.8 Å². The van der Waals surface area contributed by atoms with Crippen molar-refractivity contribution in [2.24, 2.45) is 11.1 Å². The summed E-state index contributed by atoms with van der Waals surface area (Å²) >= 11 is 0. The molecule has 0 aromatic rings. The number of nitrogens with two attached hydrogens (primary N) is 1. The summed E-state index contributed by atoms with van der Waals surface area (Å²) in [5.41, 5.74) is 4.83. The second-order valence-corrected chi connectivity index (χ2v) is 4.51. The molecular weight excluding hydrogens is 208 g/mol. The molecule has 1 aliphatic rings. The Labute approximate surface area is 94.9 Å². The number of aliphatic carboxylic acids is 1. The fourth-order valence-corrected chi connectivity index (χ4v) is 1.84. The number of carbonyl (C=O) groups is 2. The molecule has 1 saturated heterocycles. The third-order valence-electron chi connectivity index (χ3n) is 3.04. The van der Waals surface area contributed by atoms with Crippen molar-refractivity contribution in [2.75, 3.05) is 13.1 Å².